The fourth-order valence-electron chi connectivity index (χ4n) is 2.04. The number of rotatable bonds is 3. The van der Waals surface area contributed by atoms with Gasteiger partial charge in [0.1, 0.15) is 11.5 Å². The Morgan fingerprint density at radius 3 is 2.43 bits per heavy atom. The number of likely N-dealkylation sites (N-methyl/N-ethyl adjacent to an activating group) is 1. The van der Waals surface area contributed by atoms with Crippen molar-refractivity contribution in [3.63, 3.8) is 0 Å². The minimum Gasteiger partial charge on any atom is -0.478 e. The molecule has 0 saturated carbocycles. The third-order valence-corrected chi connectivity index (χ3v) is 4.26. The van der Waals surface area contributed by atoms with Crippen LogP contribution in [0.25, 0.3) is 17.4 Å². The molecule has 2 amide bonds. The van der Waals surface area contributed by atoms with Crippen molar-refractivity contribution in [2.75, 3.05) is 7.05 Å². The summed E-state index contributed by atoms with van der Waals surface area (Å²) in [5.74, 6) is -0.360. The number of furan rings is 1. The van der Waals surface area contributed by atoms with Crippen molar-refractivity contribution < 1.29 is 23.9 Å². The van der Waals surface area contributed by atoms with E-state index in [1.807, 2.05) is 0 Å². The number of amides is 2. The van der Waals surface area contributed by atoms with Crippen molar-refractivity contribution in [1.29, 1.82) is 0 Å². The van der Waals surface area contributed by atoms with E-state index >= 15 is 0 Å². The summed E-state index contributed by atoms with van der Waals surface area (Å²) in [7, 11) is 1.43. The topological polar surface area (TPSA) is 87.8 Å². The van der Waals surface area contributed by atoms with E-state index < -0.39 is 5.97 Å². The van der Waals surface area contributed by atoms with Crippen LogP contribution in [0.4, 0.5) is 4.79 Å². The molecule has 1 saturated heterocycles. The maximum absolute atomic E-state index is 11.8. The third kappa shape index (κ3) is 2.91. The van der Waals surface area contributed by atoms with Crippen molar-refractivity contribution >= 4 is 35.0 Å². The highest BCUT2D eigenvalue weighted by Crippen LogP contribution is 2.32. The average molecular weight is 329 g/mol. The van der Waals surface area contributed by atoms with Gasteiger partial charge >= 0.3 is 5.97 Å². The van der Waals surface area contributed by atoms with Crippen molar-refractivity contribution in [2.24, 2.45) is 0 Å². The first-order chi connectivity index (χ1) is 11.0. The van der Waals surface area contributed by atoms with Gasteiger partial charge in [-0.25, -0.2) is 4.79 Å². The lowest BCUT2D eigenvalue weighted by Gasteiger charge is -2.00. The Balaban J connectivity index is 1.85. The average Bonchev–Trinajstić information content (AvgIpc) is 3.09. The summed E-state index contributed by atoms with van der Waals surface area (Å²) >= 11 is 0.860. The van der Waals surface area contributed by atoms with E-state index in [4.69, 9.17) is 9.52 Å². The standard InChI is InChI=1S/C16H11NO5S/c1-17-14(18)13(23-16(17)21)8-11-6-7-12(22-11)9-2-4-10(5-3-9)15(19)20/h2-8H,1H3,(H,19,20)/b13-8-. The summed E-state index contributed by atoms with van der Waals surface area (Å²) in [5, 5.41) is 8.56. The molecule has 0 aliphatic carbocycles. The first-order valence-electron chi connectivity index (χ1n) is 6.61. The van der Waals surface area contributed by atoms with Crippen LogP contribution in [0.2, 0.25) is 0 Å². The van der Waals surface area contributed by atoms with E-state index in [1.165, 1.54) is 25.3 Å². The molecule has 0 unspecified atom stereocenters. The molecular weight excluding hydrogens is 318 g/mol. The second-order valence-corrected chi connectivity index (χ2v) is 5.82. The van der Waals surface area contributed by atoms with Crippen LogP contribution in [0.15, 0.2) is 45.7 Å². The van der Waals surface area contributed by atoms with E-state index in [0.717, 1.165) is 22.2 Å². The van der Waals surface area contributed by atoms with Crippen LogP contribution in [0, 0.1) is 0 Å². The van der Waals surface area contributed by atoms with E-state index in [1.54, 1.807) is 24.3 Å². The number of hydrogen-bond acceptors (Lipinski definition) is 5. The Bertz CT molecular complexity index is 834. The fourth-order valence-corrected chi connectivity index (χ4v) is 2.84. The van der Waals surface area contributed by atoms with Crippen molar-refractivity contribution in [2.45, 2.75) is 0 Å². The number of carbonyl (C=O) groups is 3. The van der Waals surface area contributed by atoms with Crippen LogP contribution in [0.3, 0.4) is 0 Å². The smallest absolute Gasteiger partial charge is 0.335 e. The van der Waals surface area contributed by atoms with Crippen LogP contribution in [-0.4, -0.2) is 34.2 Å². The molecule has 0 spiro atoms. The number of carboxylic acids is 1. The molecule has 23 heavy (non-hydrogen) atoms. The van der Waals surface area contributed by atoms with Crippen molar-refractivity contribution in [3.8, 4) is 11.3 Å². The second kappa shape index (κ2) is 5.77. The number of carbonyl (C=O) groups excluding carboxylic acids is 2. The first-order valence-corrected chi connectivity index (χ1v) is 7.42. The number of aromatic carboxylic acids is 1. The number of imide groups is 1. The van der Waals surface area contributed by atoms with Gasteiger partial charge in [-0.1, -0.05) is 12.1 Å². The zero-order valence-electron chi connectivity index (χ0n) is 12.0. The van der Waals surface area contributed by atoms with Gasteiger partial charge in [0.05, 0.1) is 10.5 Å². The normalized spacial score (nSPS) is 16.4. The first kappa shape index (κ1) is 15.1. The minimum atomic E-state index is -0.994. The van der Waals surface area contributed by atoms with Gasteiger partial charge < -0.3 is 9.52 Å². The molecule has 1 aliphatic rings. The van der Waals surface area contributed by atoms with Gasteiger partial charge in [-0.3, -0.25) is 14.5 Å². The molecule has 2 aromatic rings. The maximum atomic E-state index is 11.8. The van der Waals surface area contributed by atoms with Gasteiger partial charge in [-0.2, -0.15) is 0 Å². The van der Waals surface area contributed by atoms with Gasteiger partial charge in [-0.05, 0) is 36.0 Å². The van der Waals surface area contributed by atoms with Crippen molar-refractivity contribution in [1.82, 2.24) is 4.90 Å². The molecular formula is C16H11NO5S. The summed E-state index contributed by atoms with van der Waals surface area (Å²) in [4.78, 5) is 35.4. The highest BCUT2D eigenvalue weighted by Gasteiger charge is 2.32. The Morgan fingerprint density at radius 1 is 1.17 bits per heavy atom. The number of carboxylic acid groups (broad SMARTS) is 1. The highest BCUT2D eigenvalue weighted by atomic mass is 32.2. The lowest BCUT2D eigenvalue weighted by Crippen LogP contribution is -2.22. The van der Waals surface area contributed by atoms with Crippen LogP contribution in [-0.2, 0) is 4.79 Å². The summed E-state index contributed by atoms with van der Waals surface area (Å²) in [6.07, 6.45) is 1.52. The molecule has 1 aromatic heterocycles. The molecule has 2 heterocycles. The molecule has 1 aromatic carbocycles. The molecule has 6 nitrogen and oxygen atoms in total. The van der Waals surface area contributed by atoms with E-state index in [2.05, 4.69) is 0 Å². The monoisotopic (exact) mass is 329 g/mol. The zero-order valence-corrected chi connectivity index (χ0v) is 12.8. The van der Waals surface area contributed by atoms with Gasteiger partial charge in [0.2, 0.25) is 0 Å². The summed E-state index contributed by atoms with van der Waals surface area (Å²) in [6.45, 7) is 0. The molecule has 7 heteroatoms. The largest absolute Gasteiger partial charge is 0.478 e. The predicted octanol–water partition coefficient (Wildman–Crippen LogP) is 3.31. The highest BCUT2D eigenvalue weighted by molar-refractivity contribution is 8.18. The predicted molar refractivity (Wildman–Crippen MR) is 84.8 cm³/mol. The second-order valence-electron chi connectivity index (χ2n) is 4.83. The summed E-state index contributed by atoms with van der Waals surface area (Å²) < 4.78 is 5.63. The fraction of sp³-hybridized carbons (Fsp3) is 0.0625. The number of nitrogens with zero attached hydrogens (tertiary/aromatic N) is 1. The third-order valence-electron chi connectivity index (χ3n) is 3.30. The molecule has 3 rings (SSSR count). The van der Waals surface area contributed by atoms with Gasteiger partial charge in [0.15, 0.2) is 0 Å². The Labute approximate surface area is 135 Å². The SMILES string of the molecule is CN1C(=O)S/C(=C\c2ccc(-c3ccc(C(=O)O)cc3)o2)C1=O. The summed E-state index contributed by atoms with van der Waals surface area (Å²) in [5.41, 5.74) is 0.912. The zero-order chi connectivity index (χ0) is 16.6. The maximum Gasteiger partial charge on any atom is 0.335 e. The number of benzene rings is 1. The summed E-state index contributed by atoms with van der Waals surface area (Å²) in [6, 6.07) is 9.67. The molecule has 1 aliphatic heterocycles. The quantitative estimate of drug-likeness (QED) is 0.869. The van der Waals surface area contributed by atoms with E-state index in [-0.39, 0.29) is 16.7 Å². The van der Waals surface area contributed by atoms with Crippen LogP contribution >= 0.6 is 11.8 Å². The Morgan fingerprint density at radius 2 is 1.87 bits per heavy atom. The van der Waals surface area contributed by atoms with E-state index in [0.29, 0.717) is 16.4 Å². The van der Waals surface area contributed by atoms with Crippen LogP contribution in [0.5, 0.6) is 0 Å². The molecule has 0 atom stereocenters. The molecule has 1 N–H and O–H groups in total. The molecule has 0 bridgehead atoms. The molecule has 0 radical (unpaired) electrons. The van der Waals surface area contributed by atoms with Gasteiger partial charge in [0.25, 0.3) is 11.1 Å². The minimum absolute atomic E-state index is 0.192. The van der Waals surface area contributed by atoms with Gasteiger partial charge in [-0.15, -0.1) is 0 Å². The number of thioether (sulfide) groups is 1. The van der Waals surface area contributed by atoms with Gasteiger partial charge in [0, 0.05) is 18.7 Å². The Hall–Kier alpha value is -2.80. The molecule has 116 valence electrons. The van der Waals surface area contributed by atoms with Crippen LogP contribution in [0.1, 0.15) is 16.1 Å². The Kier molecular flexibility index (Phi) is 3.79. The molecule has 1 fully saturated rings. The van der Waals surface area contributed by atoms with E-state index in [9.17, 15) is 14.4 Å². The van der Waals surface area contributed by atoms with Crippen molar-refractivity contribution in [3.05, 3.63) is 52.6 Å². The lowest BCUT2D eigenvalue weighted by molar-refractivity contribution is -0.121. The number of hydrogen-bond donors (Lipinski definition) is 1. The van der Waals surface area contributed by atoms with Crippen LogP contribution < -0.4 is 0 Å². The lowest BCUT2D eigenvalue weighted by atomic mass is 10.1.